The number of amides is 1. The van der Waals surface area contributed by atoms with Crippen molar-refractivity contribution in [3.05, 3.63) is 58.4 Å². The molecule has 0 saturated heterocycles. The van der Waals surface area contributed by atoms with Gasteiger partial charge in [-0.1, -0.05) is 12.1 Å². The molecule has 2 heterocycles. The number of benzene rings is 1. The van der Waals surface area contributed by atoms with Gasteiger partial charge in [0, 0.05) is 27.5 Å². The van der Waals surface area contributed by atoms with Crippen LogP contribution in [0.25, 0.3) is 10.9 Å². The Morgan fingerprint density at radius 2 is 2.05 bits per heavy atom. The van der Waals surface area contributed by atoms with Gasteiger partial charge in [0.25, 0.3) is 5.91 Å². The molecule has 0 spiro atoms. The number of hydrogen-bond donors (Lipinski definition) is 3. The van der Waals surface area contributed by atoms with E-state index in [1.54, 1.807) is 41.9 Å². The molecule has 0 bridgehead atoms. The molecule has 1 amide bonds. The van der Waals surface area contributed by atoms with Crippen LogP contribution < -0.4 is 5.32 Å². The van der Waals surface area contributed by atoms with Gasteiger partial charge in [-0.2, -0.15) is 0 Å². The number of fused-ring (bicyclic) bond motifs is 1. The van der Waals surface area contributed by atoms with Crippen LogP contribution in [0.15, 0.2) is 48.0 Å². The molecule has 2 aromatic heterocycles. The standard InChI is InChI=1S/C15H12N2O3S/c18-14(10-3-1-4-11-9(10)6-7-16-11)17-13(15(19)20)12-5-2-8-21-12/h1-8,13,16H,(H,17,18)(H,19,20). The molecule has 0 aliphatic carbocycles. The molecule has 1 unspecified atom stereocenters. The highest BCUT2D eigenvalue weighted by atomic mass is 32.1. The van der Waals surface area contributed by atoms with Gasteiger partial charge < -0.3 is 15.4 Å². The highest BCUT2D eigenvalue weighted by molar-refractivity contribution is 7.10. The average Bonchev–Trinajstić information content (AvgIpc) is 3.14. The summed E-state index contributed by atoms with van der Waals surface area (Å²) in [6.07, 6.45) is 1.75. The van der Waals surface area contributed by atoms with E-state index >= 15 is 0 Å². The van der Waals surface area contributed by atoms with Gasteiger partial charge in [-0.25, -0.2) is 4.79 Å². The van der Waals surface area contributed by atoms with Crippen molar-refractivity contribution < 1.29 is 14.7 Å². The zero-order valence-electron chi connectivity index (χ0n) is 10.9. The number of hydrogen-bond acceptors (Lipinski definition) is 3. The van der Waals surface area contributed by atoms with Crippen molar-refractivity contribution in [3.63, 3.8) is 0 Å². The Kier molecular flexibility index (Phi) is 3.45. The lowest BCUT2D eigenvalue weighted by Crippen LogP contribution is -2.33. The van der Waals surface area contributed by atoms with Crippen LogP contribution in [0.1, 0.15) is 21.3 Å². The number of carbonyl (C=O) groups excluding carboxylic acids is 1. The molecule has 3 aromatic rings. The van der Waals surface area contributed by atoms with Crippen molar-refractivity contribution >= 4 is 34.1 Å². The van der Waals surface area contributed by atoms with Crippen molar-refractivity contribution in [1.29, 1.82) is 0 Å². The van der Waals surface area contributed by atoms with E-state index in [-0.39, 0.29) is 0 Å². The molecule has 0 aliphatic heterocycles. The van der Waals surface area contributed by atoms with Crippen molar-refractivity contribution in [2.75, 3.05) is 0 Å². The van der Waals surface area contributed by atoms with E-state index in [0.717, 1.165) is 10.9 Å². The second kappa shape index (κ2) is 5.41. The third kappa shape index (κ3) is 2.53. The van der Waals surface area contributed by atoms with Gasteiger partial charge in [-0.05, 0) is 29.6 Å². The third-order valence-electron chi connectivity index (χ3n) is 3.19. The Balaban J connectivity index is 1.91. The molecule has 0 fully saturated rings. The van der Waals surface area contributed by atoms with Gasteiger partial charge >= 0.3 is 5.97 Å². The minimum Gasteiger partial charge on any atom is -0.479 e. The number of carboxylic acid groups (broad SMARTS) is 1. The van der Waals surface area contributed by atoms with E-state index in [2.05, 4.69) is 10.3 Å². The van der Waals surface area contributed by atoms with Gasteiger partial charge in [-0.15, -0.1) is 11.3 Å². The van der Waals surface area contributed by atoms with Crippen LogP contribution in [0.4, 0.5) is 0 Å². The fourth-order valence-corrected chi connectivity index (χ4v) is 2.97. The van der Waals surface area contributed by atoms with Crippen molar-refractivity contribution in [1.82, 2.24) is 10.3 Å². The summed E-state index contributed by atoms with van der Waals surface area (Å²) in [5.74, 6) is -1.48. The molecule has 1 atom stereocenters. The molecule has 0 saturated carbocycles. The van der Waals surface area contributed by atoms with E-state index in [1.807, 2.05) is 6.07 Å². The highest BCUT2D eigenvalue weighted by Crippen LogP contribution is 2.22. The molecule has 106 valence electrons. The number of aromatic amines is 1. The Hall–Kier alpha value is -2.60. The van der Waals surface area contributed by atoms with Crippen molar-refractivity contribution in [3.8, 4) is 0 Å². The van der Waals surface area contributed by atoms with Crippen LogP contribution in [0.5, 0.6) is 0 Å². The average molecular weight is 300 g/mol. The maximum Gasteiger partial charge on any atom is 0.331 e. The number of aromatic nitrogens is 1. The predicted octanol–water partition coefficient (Wildman–Crippen LogP) is 2.79. The van der Waals surface area contributed by atoms with Crippen LogP contribution in [-0.4, -0.2) is 22.0 Å². The van der Waals surface area contributed by atoms with Crippen LogP contribution in [0.2, 0.25) is 0 Å². The number of thiophene rings is 1. The summed E-state index contributed by atoms with van der Waals surface area (Å²) in [6, 6.07) is 9.51. The Morgan fingerprint density at radius 3 is 2.76 bits per heavy atom. The summed E-state index contributed by atoms with van der Waals surface area (Å²) < 4.78 is 0. The number of nitrogens with one attached hydrogen (secondary N) is 2. The molecular formula is C15H12N2O3S. The summed E-state index contributed by atoms with van der Waals surface area (Å²) in [4.78, 5) is 27.4. The largest absolute Gasteiger partial charge is 0.479 e. The summed E-state index contributed by atoms with van der Waals surface area (Å²) in [7, 11) is 0. The van der Waals surface area contributed by atoms with Crippen molar-refractivity contribution in [2.24, 2.45) is 0 Å². The molecule has 3 N–H and O–H groups in total. The first-order valence-electron chi connectivity index (χ1n) is 6.30. The van der Waals surface area contributed by atoms with Gasteiger partial charge in [-0.3, -0.25) is 4.79 Å². The zero-order chi connectivity index (χ0) is 14.8. The second-order valence-corrected chi connectivity index (χ2v) is 5.48. The molecule has 0 radical (unpaired) electrons. The van der Waals surface area contributed by atoms with Gasteiger partial charge in [0.15, 0.2) is 6.04 Å². The number of aliphatic carboxylic acids is 1. The summed E-state index contributed by atoms with van der Waals surface area (Å²) in [5.41, 5.74) is 1.29. The maximum absolute atomic E-state index is 12.4. The third-order valence-corrected chi connectivity index (χ3v) is 4.13. The SMILES string of the molecule is O=C(NC(C(=O)O)c1cccs1)c1cccc2[nH]ccc12. The Labute approximate surface area is 124 Å². The fraction of sp³-hybridized carbons (Fsp3) is 0.0667. The molecule has 1 aromatic carbocycles. The minimum atomic E-state index is -1.08. The summed E-state index contributed by atoms with van der Waals surface area (Å²) in [5, 5.41) is 14.4. The number of carboxylic acids is 1. The molecule has 5 nitrogen and oxygen atoms in total. The molecule has 21 heavy (non-hydrogen) atoms. The molecule has 3 rings (SSSR count). The van der Waals surface area contributed by atoms with Gasteiger partial charge in [0.2, 0.25) is 0 Å². The van der Waals surface area contributed by atoms with Crippen LogP contribution in [-0.2, 0) is 4.79 Å². The smallest absolute Gasteiger partial charge is 0.331 e. The quantitative estimate of drug-likeness (QED) is 0.693. The van der Waals surface area contributed by atoms with Gasteiger partial charge in [0.05, 0.1) is 0 Å². The first-order valence-corrected chi connectivity index (χ1v) is 7.18. The fourth-order valence-electron chi connectivity index (χ4n) is 2.20. The van der Waals surface area contributed by atoms with E-state index in [1.165, 1.54) is 11.3 Å². The number of carbonyl (C=O) groups is 2. The minimum absolute atomic E-state index is 0.402. The Bertz CT molecular complexity index is 792. The summed E-state index contributed by atoms with van der Waals surface area (Å²) >= 11 is 1.30. The Morgan fingerprint density at radius 1 is 1.19 bits per heavy atom. The summed E-state index contributed by atoms with van der Waals surface area (Å²) in [6.45, 7) is 0. The van der Waals surface area contributed by atoms with E-state index in [0.29, 0.717) is 10.4 Å². The molecule has 0 aliphatic rings. The lowest BCUT2D eigenvalue weighted by atomic mass is 10.1. The van der Waals surface area contributed by atoms with Crippen LogP contribution >= 0.6 is 11.3 Å². The van der Waals surface area contributed by atoms with E-state index in [9.17, 15) is 14.7 Å². The topological polar surface area (TPSA) is 82.2 Å². The molecule has 6 heteroatoms. The second-order valence-electron chi connectivity index (χ2n) is 4.50. The number of H-pyrrole nitrogens is 1. The molecular weight excluding hydrogens is 288 g/mol. The first kappa shape index (κ1) is 13.4. The first-order chi connectivity index (χ1) is 10.2. The van der Waals surface area contributed by atoms with E-state index < -0.39 is 17.9 Å². The normalized spacial score (nSPS) is 12.2. The lowest BCUT2D eigenvalue weighted by Gasteiger charge is -2.13. The zero-order valence-corrected chi connectivity index (χ0v) is 11.7. The predicted molar refractivity (Wildman–Crippen MR) is 80.5 cm³/mol. The van der Waals surface area contributed by atoms with Gasteiger partial charge in [0.1, 0.15) is 0 Å². The van der Waals surface area contributed by atoms with E-state index in [4.69, 9.17) is 0 Å². The van der Waals surface area contributed by atoms with Crippen LogP contribution in [0, 0.1) is 0 Å². The maximum atomic E-state index is 12.4. The van der Waals surface area contributed by atoms with Crippen molar-refractivity contribution in [2.45, 2.75) is 6.04 Å². The monoisotopic (exact) mass is 300 g/mol. The number of rotatable bonds is 4. The van der Waals surface area contributed by atoms with Crippen LogP contribution in [0.3, 0.4) is 0 Å². The lowest BCUT2D eigenvalue weighted by molar-refractivity contribution is -0.139. The highest BCUT2D eigenvalue weighted by Gasteiger charge is 2.24.